The maximum Gasteiger partial charge on any atom is 0.257 e. The van der Waals surface area contributed by atoms with Crippen LogP contribution in [-0.4, -0.2) is 22.7 Å². The van der Waals surface area contributed by atoms with Gasteiger partial charge in [-0.15, -0.1) is 10.2 Å². The van der Waals surface area contributed by atoms with Gasteiger partial charge >= 0.3 is 0 Å². The van der Waals surface area contributed by atoms with Crippen LogP contribution in [0.15, 0.2) is 24.3 Å². The second-order valence-corrected chi connectivity index (χ2v) is 5.58. The largest absolute Gasteiger partial charge is 0.494 e. The van der Waals surface area contributed by atoms with E-state index in [0.29, 0.717) is 23.1 Å². The summed E-state index contributed by atoms with van der Waals surface area (Å²) in [6, 6.07) is 7.09. The van der Waals surface area contributed by atoms with Gasteiger partial charge in [0.2, 0.25) is 5.13 Å². The summed E-state index contributed by atoms with van der Waals surface area (Å²) in [6.07, 6.45) is 3.11. The highest BCUT2D eigenvalue weighted by molar-refractivity contribution is 7.15. The molecule has 0 saturated heterocycles. The van der Waals surface area contributed by atoms with Crippen molar-refractivity contribution in [1.82, 2.24) is 10.2 Å². The summed E-state index contributed by atoms with van der Waals surface area (Å²) in [5.74, 6) is 0.487. The molecule has 2 rings (SSSR count). The first-order chi connectivity index (χ1) is 10.2. The first kappa shape index (κ1) is 15.4. The smallest absolute Gasteiger partial charge is 0.257 e. The lowest BCUT2D eigenvalue weighted by Gasteiger charge is -2.05. The second kappa shape index (κ2) is 7.73. The van der Waals surface area contributed by atoms with Gasteiger partial charge in [0.15, 0.2) is 0 Å². The fraction of sp³-hybridized carbons (Fsp3) is 0.400. The Morgan fingerprint density at radius 2 is 2.19 bits per heavy atom. The summed E-state index contributed by atoms with van der Waals surface area (Å²) in [7, 11) is 0. The van der Waals surface area contributed by atoms with Crippen molar-refractivity contribution in [3.05, 3.63) is 34.8 Å². The van der Waals surface area contributed by atoms with Crippen LogP contribution in [0, 0.1) is 0 Å². The molecule has 1 N–H and O–H groups in total. The van der Waals surface area contributed by atoms with E-state index in [1.807, 2.05) is 13.0 Å². The molecule has 0 spiro atoms. The van der Waals surface area contributed by atoms with Crippen molar-refractivity contribution in [2.24, 2.45) is 0 Å². The number of nitrogens with zero attached hydrogens (tertiary/aromatic N) is 2. The van der Waals surface area contributed by atoms with Gasteiger partial charge in [0, 0.05) is 12.0 Å². The van der Waals surface area contributed by atoms with Gasteiger partial charge in [-0.05, 0) is 31.5 Å². The fourth-order valence-corrected chi connectivity index (χ4v) is 2.57. The molecule has 0 fully saturated rings. The second-order valence-electron chi connectivity index (χ2n) is 4.52. The van der Waals surface area contributed by atoms with Crippen LogP contribution in [0.2, 0.25) is 0 Å². The molecule has 6 heteroatoms. The predicted octanol–water partition coefficient (Wildman–Crippen LogP) is 3.53. The van der Waals surface area contributed by atoms with Crippen molar-refractivity contribution in [2.45, 2.75) is 33.1 Å². The minimum absolute atomic E-state index is 0.199. The molecule has 1 aromatic heterocycles. The van der Waals surface area contributed by atoms with E-state index in [2.05, 4.69) is 22.4 Å². The van der Waals surface area contributed by atoms with Crippen molar-refractivity contribution in [1.29, 1.82) is 0 Å². The zero-order valence-corrected chi connectivity index (χ0v) is 13.1. The number of ether oxygens (including phenoxy) is 1. The Morgan fingerprint density at radius 1 is 1.33 bits per heavy atom. The predicted molar refractivity (Wildman–Crippen MR) is 84.1 cm³/mol. The highest BCUT2D eigenvalue weighted by atomic mass is 32.1. The molecule has 0 aliphatic heterocycles. The quantitative estimate of drug-likeness (QED) is 0.850. The van der Waals surface area contributed by atoms with Crippen molar-refractivity contribution < 1.29 is 9.53 Å². The standard InChI is InChI=1S/C15H19N3O2S/c1-3-5-9-13-17-18-15(21-13)16-14(19)11-7-6-8-12(10-11)20-4-2/h6-8,10H,3-5,9H2,1-2H3,(H,16,18,19). The van der Waals surface area contributed by atoms with Crippen LogP contribution in [0.1, 0.15) is 42.1 Å². The number of rotatable bonds is 7. The van der Waals surface area contributed by atoms with E-state index in [1.165, 1.54) is 11.3 Å². The third-order valence-electron chi connectivity index (χ3n) is 2.84. The molecule has 0 aliphatic rings. The van der Waals surface area contributed by atoms with E-state index >= 15 is 0 Å². The number of anilines is 1. The SMILES string of the molecule is CCCCc1nnc(NC(=O)c2cccc(OCC)c2)s1. The van der Waals surface area contributed by atoms with Crippen LogP contribution in [0.3, 0.4) is 0 Å². The van der Waals surface area contributed by atoms with Gasteiger partial charge in [-0.2, -0.15) is 0 Å². The van der Waals surface area contributed by atoms with Crippen LogP contribution in [0.5, 0.6) is 5.75 Å². The van der Waals surface area contributed by atoms with Crippen LogP contribution in [0.4, 0.5) is 5.13 Å². The van der Waals surface area contributed by atoms with E-state index in [1.54, 1.807) is 18.2 Å². The van der Waals surface area contributed by atoms with Gasteiger partial charge in [-0.1, -0.05) is 30.7 Å². The third kappa shape index (κ3) is 4.53. The highest BCUT2D eigenvalue weighted by Gasteiger charge is 2.10. The zero-order valence-electron chi connectivity index (χ0n) is 12.3. The zero-order chi connectivity index (χ0) is 15.1. The van der Waals surface area contributed by atoms with Gasteiger partial charge in [-0.25, -0.2) is 0 Å². The average Bonchev–Trinajstić information content (AvgIpc) is 2.93. The Hall–Kier alpha value is -1.95. The molecule has 0 saturated carbocycles. The molecule has 0 atom stereocenters. The topological polar surface area (TPSA) is 64.1 Å². The first-order valence-corrected chi connectivity index (χ1v) is 7.91. The maximum atomic E-state index is 12.2. The molecule has 1 amide bonds. The van der Waals surface area contributed by atoms with Gasteiger partial charge in [0.05, 0.1) is 6.61 Å². The van der Waals surface area contributed by atoms with E-state index in [0.717, 1.165) is 24.3 Å². The normalized spacial score (nSPS) is 10.4. The molecule has 0 bridgehead atoms. The Morgan fingerprint density at radius 3 is 2.95 bits per heavy atom. The lowest BCUT2D eigenvalue weighted by Crippen LogP contribution is -2.11. The lowest BCUT2D eigenvalue weighted by atomic mass is 10.2. The number of nitrogens with one attached hydrogen (secondary N) is 1. The number of carbonyl (C=O) groups excluding carboxylic acids is 1. The van der Waals surface area contributed by atoms with E-state index in [-0.39, 0.29) is 5.91 Å². The fourth-order valence-electron chi connectivity index (χ4n) is 1.80. The van der Waals surface area contributed by atoms with Crippen LogP contribution >= 0.6 is 11.3 Å². The molecular formula is C15H19N3O2S. The Kier molecular flexibility index (Phi) is 5.68. The third-order valence-corrected chi connectivity index (χ3v) is 3.74. The summed E-state index contributed by atoms with van der Waals surface area (Å²) in [4.78, 5) is 12.2. The monoisotopic (exact) mass is 305 g/mol. The van der Waals surface area contributed by atoms with Crippen molar-refractivity contribution in [2.75, 3.05) is 11.9 Å². The minimum atomic E-state index is -0.199. The number of aryl methyl sites for hydroxylation is 1. The van der Waals surface area contributed by atoms with Crippen LogP contribution in [-0.2, 0) is 6.42 Å². The van der Waals surface area contributed by atoms with Gasteiger partial charge in [-0.3, -0.25) is 10.1 Å². The van der Waals surface area contributed by atoms with Crippen molar-refractivity contribution in [3.8, 4) is 5.75 Å². The summed E-state index contributed by atoms with van der Waals surface area (Å²) in [6.45, 7) is 4.61. The minimum Gasteiger partial charge on any atom is -0.494 e. The molecule has 0 radical (unpaired) electrons. The van der Waals surface area contributed by atoms with Crippen LogP contribution < -0.4 is 10.1 Å². The Balaban J connectivity index is 2.00. The van der Waals surface area contributed by atoms with Gasteiger partial charge in [0.1, 0.15) is 10.8 Å². The molecule has 1 heterocycles. The molecule has 0 unspecified atom stereocenters. The number of unbranched alkanes of at least 4 members (excludes halogenated alkanes) is 1. The molecule has 2 aromatic rings. The summed E-state index contributed by atoms with van der Waals surface area (Å²) in [5, 5.41) is 12.3. The molecule has 21 heavy (non-hydrogen) atoms. The Bertz CT molecular complexity index is 598. The van der Waals surface area contributed by atoms with Gasteiger partial charge in [0.25, 0.3) is 5.91 Å². The number of amides is 1. The van der Waals surface area contributed by atoms with E-state index in [9.17, 15) is 4.79 Å². The number of aromatic nitrogens is 2. The molecule has 0 aliphatic carbocycles. The number of hydrogen-bond donors (Lipinski definition) is 1. The lowest BCUT2D eigenvalue weighted by molar-refractivity contribution is 0.102. The summed E-state index contributed by atoms with van der Waals surface area (Å²) < 4.78 is 5.39. The maximum absolute atomic E-state index is 12.2. The molecule has 112 valence electrons. The van der Waals surface area contributed by atoms with Crippen molar-refractivity contribution >= 4 is 22.4 Å². The number of hydrogen-bond acceptors (Lipinski definition) is 5. The molecular weight excluding hydrogens is 286 g/mol. The summed E-state index contributed by atoms with van der Waals surface area (Å²) >= 11 is 1.42. The summed E-state index contributed by atoms with van der Waals surface area (Å²) in [5.41, 5.74) is 0.547. The van der Waals surface area contributed by atoms with E-state index in [4.69, 9.17) is 4.74 Å². The van der Waals surface area contributed by atoms with Crippen LogP contribution in [0.25, 0.3) is 0 Å². The van der Waals surface area contributed by atoms with Crippen molar-refractivity contribution in [3.63, 3.8) is 0 Å². The highest BCUT2D eigenvalue weighted by Crippen LogP contribution is 2.19. The molecule has 5 nitrogen and oxygen atoms in total. The first-order valence-electron chi connectivity index (χ1n) is 7.09. The van der Waals surface area contributed by atoms with Gasteiger partial charge < -0.3 is 4.74 Å². The molecule has 1 aromatic carbocycles. The van der Waals surface area contributed by atoms with E-state index < -0.39 is 0 Å². The average molecular weight is 305 g/mol. The number of carbonyl (C=O) groups is 1. The Labute approximate surface area is 128 Å². The number of benzene rings is 1.